The molecule has 0 bridgehead atoms. The van der Waals surface area contributed by atoms with Crippen molar-refractivity contribution >= 4 is 11.9 Å². The van der Waals surface area contributed by atoms with Gasteiger partial charge in [0.1, 0.15) is 5.82 Å². The van der Waals surface area contributed by atoms with Crippen molar-refractivity contribution in [3.8, 4) is 0 Å². The number of esters is 1. The van der Waals surface area contributed by atoms with E-state index in [1.165, 1.54) is 12.1 Å². The summed E-state index contributed by atoms with van der Waals surface area (Å²) in [5.41, 5.74) is -0.286. The van der Waals surface area contributed by atoms with E-state index >= 15 is 0 Å². The summed E-state index contributed by atoms with van der Waals surface area (Å²) in [5, 5.41) is 2.50. The molecule has 0 atom stereocenters. The summed E-state index contributed by atoms with van der Waals surface area (Å²) in [7, 11) is 0. The van der Waals surface area contributed by atoms with Crippen LogP contribution in [0.3, 0.4) is 0 Å². The molecule has 0 saturated carbocycles. The number of hydrogen-bond acceptors (Lipinski definition) is 3. The standard InChI is InChI=1S/C13H16FNO3/c1-4-18-12(17)11(16)15-13(2,3)9-6-5-7-10(14)8-9/h5-8H,4H2,1-3H3,(H,15,16). The van der Waals surface area contributed by atoms with E-state index in [1.807, 2.05) is 0 Å². The van der Waals surface area contributed by atoms with E-state index in [2.05, 4.69) is 10.1 Å². The van der Waals surface area contributed by atoms with E-state index in [-0.39, 0.29) is 6.61 Å². The zero-order valence-corrected chi connectivity index (χ0v) is 10.6. The number of hydrogen-bond donors (Lipinski definition) is 1. The molecule has 0 aliphatic rings. The van der Waals surface area contributed by atoms with Gasteiger partial charge in [-0.15, -0.1) is 0 Å². The van der Waals surface area contributed by atoms with Gasteiger partial charge in [0.25, 0.3) is 0 Å². The van der Waals surface area contributed by atoms with Crippen LogP contribution < -0.4 is 5.32 Å². The van der Waals surface area contributed by atoms with E-state index in [9.17, 15) is 14.0 Å². The summed E-state index contributed by atoms with van der Waals surface area (Å²) in [5.74, 6) is -2.18. The average Bonchev–Trinajstić information content (AvgIpc) is 2.28. The lowest BCUT2D eigenvalue weighted by Crippen LogP contribution is -2.45. The van der Waals surface area contributed by atoms with Crippen LogP contribution in [0.25, 0.3) is 0 Å². The maximum Gasteiger partial charge on any atom is 0.396 e. The first-order valence-electron chi connectivity index (χ1n) is 5.62. The number of benzene rings is 1. The molecular weight excluding hydrogens is 237 g/mol. The Bertz CT molecular complexity index is 457. The number of amides is 1. The molecule has 0 heterocycles. The molecule has 0 aliphatic carbocycles. The van der Waals surface area contributed by atoms with Crippen LogP contribution in [0.2, 0.25) is 0 Å². The molecule has 1 rings (SSSR count). The highest BCUT2D eigenvalue weighted by atomic mass is 19.1. The highest BCUT2D eigenvalue weighted by Crippen LogP contribution is 2.20. The molecule has 0 aromatic heterocycles. The van der Waals surface area contributed by atoms with Crippen LogP contribution in [0.1, 0.15) is 26.3 Å². The van der Waals surface area contributed by atoms with E-state index in [4.69, 9.17) is 0 Å². The number of nitrogens with one attached hydrogen (secondary N) is 1. The minimum atomic E-state index is -0.943. The molecule has 1 amide bonds. The Morgan fingerprint density at radius 3 is 2.61 bits per heavy atom. The van der Waals surface area contributed by atoms with E-state index < -0.39 is 23.2 Å². The second-order valence-corrected chi connectivity index (χ2v) is 4.31. The summed E-state index contributed by atoms with van der Waals surface area (Å²) in [4.78, 5) is 22.7. The van der Waals surface area contributed by atoms with Gasteiger partial charge in [-0.05, 0) is 38.5 Å². The van der Waals surface area contributed by atoms with Gasteiger partial charge < -0.3 is 10.1 Å². The predicted octanol–water partition coefficient (Wildman–Crippen LogP) is 1.74. The molecule has 0 aliphatic heterocycles. The van der Waals surface area contributed by atoms with Gasteiger partial charge in [0, 0.05) is 0 Å². The lowest BCUT2D eigenvalue weighted by Gasteiger charge is -2.26. The monoisotopic (exact) mass is 253 g/mol. The van der Waals surface area contributed by atoms with Crippen LogP contribution in [0, 0.1) is 5.82 Å². The maximum absolute atomic E-state index is 13.1. The molecule has 1 aromatic carbocycles. The predicted molar refractivity (Wildman–Crippen MR) is 64.2 cm³/mol. The van der Waals surface area contributed by atoms with Crippen molar-refractivity contribution in [1.82, 2.24) is 5.32 Å². The Hall–Kier alpha value is -1.91. The van der Waals surface area contributed by atoms with Crippen LogP contribution in [-0.4, -0.2) is 18.5 Å². The first-order chi connectivity index (χ1) is 8.36. The van der Waals surface area contributed by atoms with Crippen molar-refractivity contribution in [2.45, 2.75) is 26.3 Å². The zero-order valence-electron chi connectivity index (χ0n) is 10.6. The van der Waals surface area contributed by atoms with Crippen LogP contribution in [0.15, 0.2) is 24.3 Å². The molecule has 18 heavy (non-hydrogen) atoms. The smallest absolute Gasteiger partial charge is 0.396 e. The van der Waals surface area contributed by atoms with E-state index in [0.717, 1.165) is 0 Å². The molecule has 0 fully saturated rings. The van der Waals surface area contributed by atoms with Gasteiger partial charge >= 0.3 is 11.9 Å². The fourth-order valence-corrected chi connectivity index (χ4v) is 1.48. The Balaban J connectivity index is 2.82. The molecule has 0 radical (unpaired) electrons. The van der Waals surface area contributed by atoms with Crippen molar-refractivity contribution in [2.75, 3.05) is 6.61 Å². The van der Waals surface area contributed by atoms with Gasteiger partial charge in [-0.2, -0.15) is 0 Å². The van der Waals surface area contributed by atoms with Gasteiger partial charge in [-0.25, -0.2) is 9.18 Å². The fourth-order valence-electron chi connectivity index (χ4n) is 1.48. The molecule has 4 nitrogen and oxygen atoms in total. The highest BCUT2D eigenvalue weighted by molar-refractivity contribution is 6.32. The summed E-state index contributed by atoms with van der Waals surface area (Å²) >= 11 is 0. The van der Waals surface area contributed by atoms with E-state index in [0.29, 0.717) is 5.56 Å². The minimum Gasteiger partial charge on any atom is -0.459 e. The van der Waals surface area contributed by atoms with Crippen molar-refractivity contribution in [3.05, 3.63) is 35.6 Å². The number of halogens is 1. The summed E-state index contributed by atoms with van der Waals surface area (Å²) in [6, 6.07) is 5.84. The van der Waals surface area contributed by atoms with Crippen molar-refractivity contribution < 1.29 is 18.7 Å². The molecule has 1 N–H and O–H groups in total. The van der Waals surface area contributed by atoms with Crippen LogP contribution in [0.4, 0.5) is 4.39 Å². The molecule has 98 valence electrons. The Morgan fingerprint density at radius 2 is 2.06 bits per heavy atom. The minimum absolute atomic E-state index is 0.132. The first-order valence-corrected chi connectivity index (χ1v) is 5.62. The van der Waals surface area contributed by atoms with Crippen molar-refractivity contribution in [1.29, 1.82) is 0 Å². The van der Waals surface area contributed by atoms with Gasteiger partial charge in [-0.1, -0.05) is 12.1 Å². The number of carbonyl (C=O) groups is 2. The molecule has 0 spiro atoms. The number of carbonyl (C=O) groups excluding carboxylic acids is 2. The van der Waals surface area contributed by atoms with Gasteiger partial charge in [-0.3, -0.25) is 4.79 Å². The van der Waals surface area contributed by atoms with E-state index in [1.54, 1.807) is 32.9 Å². The third kappa shape index (κ3) is 3.55. The maximum atomic E-state index is 13.1. The normalized spacial score (nSPS) is 10.9. The molecule has 0 unspecified atom stereocenters. The second-order valence-electron chi connectivity index (χ2n) is 4.31. The second kappa shape index (κ2) is 5.62. The largest absolute Gasteiger partial charge is 0.459 e. The molecule has 1 aromatic rings. The van der Waals surface area contributed by atoms with Crippen LogP contribution >= 0.6 is 0 Å². The summed E-state index contributed by atoms with van der Waals surface area (Å²) in [6.07, 6.45) is 0. The molecular formula is C13H16FNO3. The fraction of sp³-hybridized carbons (Fsp3) is 0.385. The van der Waals surface area contributed by atoms with Crippen LogP contribution in [0.5, 0.6) is 0 Å². The number of ether oxygens (including phenoxy) is 1. The Labute approximate surface area is 105 Å². The van der Waals surface area contributed by atoms with Crippen LogP contribution in [-0.2, 0) is 19.9 Å². The SMILES string of the molecule is CCOC(=O)C(=O)NC(C)(C)c1cccc(F)c1. The summed E-state index contributed by atoms with van der Waals surface area (Å²) in [6.45, 7) is 5.10. The Morgan fingerprint density at radius 1 is 1.39 bits per heavy atom. The van der Waals surface area contributed by atoms with Gasteiger partial charge in [0.15, 0.2) is 0 Å². The third-order valence-corrected chi connectivity index (χ3v) is 2.43. The number of rotatable bonds is 3. The topological polar surface area (TPSA) is 55.4 Å². The summed E-state index contributed by atoms with van der Waals surface area (Å²) < 4.78 is 17.7. The molecule has 0 saturated heterocycles. The van der Waals surface area contributed by atoms with Crippen molar-refractivity contribution in [2.24, 2.45) is 0 Å². The lowest BCUT2D eigenvalue weighted by molar-refractivity contribution is -0.155. The lowest BCUT2D eigenvalue weighted by atomic mass is 9.94. The van der Waals surface area contributed by atoms with Gasteiger partial charge in [0.05, 0.1) is 12.1 Å². The Kier molecular flexibility index (Phi) is 4.42. The first kappa shape index (κ1) is 14.2. The van der Waals surface area contributed by atoms with Crippen molar-refractivity contribution in [3.63, 3.8) is 0 Å². The zero-order chi connectivity index (χ0) is 13.8. The quantitative estimate of drug-likeness (QED) is 0.659. The molecule has 5 heteroatoms. The van der Waals surface area contributed by atoms with Gasteiger partial charge in [0.2, 0.25) is 0 Å². The average molecular weight is 253 g/mol. The highest BCUT2D eigenvalue weighted by Gasteiger charge is 2.27. The third-order valence-electron chi connectivity index (χ3n) is 2.43.